The third-order valence-corrected chi connectivity index (χ3v) is 2.90. The number of hydrogen-bond donors (Lipinski definition) is 1. The van der Waals surface area contributed by atoms with Gasteiger partial charge in [-0.05, 0) is 31.2 Å². The van der Waals surface area contributed by atoms with Crippen molar-refractivity contribution in [3.05, 3.63) is 47.5 Å². The van der Waals surface area contributed by atoms with Gasteiger partial charge in [-0.2, -0.15) is 5.10 Å². The smallest absolute Gasteiger partial charge is 0.0944 e. The largest absolute Gasteiger partial charge is 0.307 e. The van der Waals surface area contributed by atoms with E-state index in [2.05, 4.69) is 28.4 Å². The molecule has 0 aliphatic rings. The van der Waals surface area contributed by atoms with Crippen LogP contribution in [0.1, 0.15) is 29.9 Å². The van der Waals surface area contributed by atoms with E-state index in [0.717, 1.165) is 17.8 Å². The maximum absolute atomic E-state index is 4.49. The number of rotatable bonds is 4. The van der Waals surface area contributed by atoms with Crippen LogP contribution in [-0.2, 0) is 13.5 Å². The van der Waals surface area contributed by atoms with Crippen molar-refractivity contribution in [2.24, 2.45) is 7.05 Å². The van der Waals surface area contributed by atoms with E-state index < -0.39 is 0 Å². The fraction of sp³-hybridized carbons (Fsp3) is 0.385. The van der Waals surface area contributed by atoms with Crippen LogP contribution in [0.15, 0.2) is 30.6 Å². The van der Waals surface area contributed by atoms with Gasteiger partial charge in [-0.3, -0.25) is 9.67 Å². The van der Waals surface area contributed by atoms with Gasteiger partial charge in [0.2, 0.25) is 0 Å². The Labute approximate surface area is 102 Å². The van der Waals surface area contributed by atoms with Crippen LogP contribution in [0.25, 0.3) is 0 Å². The van der Waals surface area contributed by atoms with Crippen molar-refractivity contribution >= 4 is 0 Å². The summed E-state index contributed by atoms with van der Waals surface area (Å²) in [6, 6.07) is 6.19. The third kappa shape index (κ3) is 2.36. The molecule has 1 unspecified atom stereocenters. The van der Waals surface area contributed by atoms with Crippen molar-refractivity contribution in [2.45, 2.75) is 19.4 Å². The van der Waals surface area contributed by atoms with Crippen LogP contribution < -0.4 is 5.32 Å². The molecule has 2 rings (SSSR count). The van der Waals surface area contributed by atoms with E-state index >= 15 is 0 Å². The van der Waals surface area contributed by atoms with Crippen LogP contribution in [0.5, 0.6) is 0 Å². The van der Waals surface area contributed by atoms with Crippen LogP contribution in [-0.4, -0.2) is 21.8 Å². The lowest BCUT2D eigenvalue weighted by molar-refractivity contribution is 0.622. The number of hydrogen-bond acceptors (Lipinski definition) is 3. The van der Waals surface area contributed by atoms with Gasteiger partial charge in [0.25, 0.3) is 0 Å². The van der Waals surface area contributed by atoms with Gasteiger partial charge in [-0.1, -0.05) is 13.0 Å². The van der Waals surface area contributed by atoms with Gasteiger partial charge in [0.15, 0.2) is 0 Å². The van der Waals surface area contributed by atoms with Crippen LogP contribution in [0.2, 0.25) is 0 Å². The van der Waals surface area contributed by atoms with Gasteiger partial charge in [0.1, 0.15) is 0 Å². The third-order valence-electron chi connectivity index (χ3n) is 2.90. The monoisotopic (exact) mass is 230 g/mol. The van der Waals surface area contributed by atoms with E-state index in [9.17, 15) is 0 Å². The van der Waals surface area contributed by atoms with Crippen molar-refractivity contribution < 1.29 is 0 Å². The fourth-order valence-corrected chi connectivity index (χ4v) is 2.02. The van der Waals surface area contributed by atoms with E-state index in [1.54, 1.807) is 0 Å². The molecular weight excluding hydrogens is 212 g/mol. The molecule has 0 saturated carbocycles. The number of nitrogens with one attached hydrogen (secondary N) is 1. The van der Waals surface area contributed by atoms with Crippen LogP contribution in [0, 0.1) is 0 Å². The lowest BCUT2D eigenvalue weighted by atomic mass is 10.0. The summed E-state index contributed by atoms with van der Waals surface area (Å²) < 4.78 is 1.81. The van der Waals surface area contributed by atoms with E-state index in [0.29, 0.717) is 0 Å². The zero-order valence-electron chi connectivity index (χ0n) is 10.5. The van der Waals surface area contributed by atoms with Crippen molar-refractivity contribution in [1.82, 2.24) is 20.1 Å². The molecule has 1 atom stereocenters. The molecule has 0 radical (unpaired) electrons. The van der Waals surface area contributed by atoms with E-state index in [1.807, 2.05) is 43.3 Å². The first-order valence-corrected chi connectivity index (χ1v) is 5.86. The van der Waals surface area contributed by atoms with Crippen molar-refractivity contribution in [2.75, 3.05) is 7.05 Å². The summed E-state index contributed by atoms with van der Waals surface area (Å²) in [5, 5.41) is 7.73. The molecule has 0 saturated heterocycles. The molecule has 4 heteroatoms. The molecule has 0 bridgehead atoms. The normalized spacial score (nSPS) is 12.6. The zero-order chi connectivity index (χ0) is 12.3. The molecule has 0 aliphatic heterocycles. The van der Waals surface area contributed by atoms with Crippen LogP contribution in [0.3, 0.4) is 0 Å². The lowest BCUT2D eigenvalue weighted by Gasteiger charge is -2.16. The molecule has 0 aromatic carbocycles. The number of aryl methyl sites for hydroxylation is 2. The van der Waals surface area contributed by atoms with E-state index in [4.69, 9.17) is 0 Å². The first kappa shape index (κ1) is 11.8. The van der Waals surface area contributed by atoms with Gasteiger partial charge in [0, 0.05) is 19.4 Å². The summed E-state index contributed by atoms with van der Waals surface area (Å²) in [6.07, 6.45) is 4.77. The van der Waals surface area contributed by atoms with Gasteiger partial charge < -0.3 is 5.32 Å². The molecule has 2 aromatic rings. The number of aromatic nitrogens is 3. The lowest BCUT2D eigenvalue weighted by Crippen LogP contribution is -2.21. The molecule has 4 nitrogen and oxygen atoms in total. The van der Waals surface area contributed by atoms with Crippen LogP contribution in [0.4, 0.5) is 0 Å². The van der Waals surface area contributed by atoms with Crippen LogP contribution >= 0.6 is 0 Å². The first-order valence-electron chi connectivity index (χ1n) is 5.86. The minimum Gasteiger partial charge on any atom is -0.307 e. The maximum atomic E-state index is 4.49. The predicted molar refractivity (Wildman–Crippen MR) is 67.7 cm³/mol. The second-order valence-electron chi connectivity index (χ2n) is 4.04. The van der Waals surface area contributed by atoms with Gasteiger partial charge >= 0.3 is 0 Å². The van der Waals surface area contributed by atoms with Gasteiger partial charge in [-0.15, -0.1) is 0 Å². The molecule has 90 valence electrons. The highest BCUT2D eigenvalue weighted by molar-refractivity contribution is 5.28. The SMILES string of the molecule is CCc1cccnc1C(NC)c1ccn(C)n1. The quantitative estimate of drug-likeness (QED) is 0.869. The van der Waals surface area contributed by atoms with E-state index in [-0.39, 0.29) is 6.04 Å². The molecule has 2 aromatic heterocycles. The molecule has 0 amide bonds. The van der Waals surface area contributed by atoms with Gasteiger partial charge in [0.05, 0.1) is 17.4 Å². The zero-order valence-corrected chi connectivity index (χ0v) is 10.5. The van der Waals surface area contributed by atoms with E-state index in [1.165, 1.54) is 5.56 Å². The summed E-state index contributed by atoms with van der Waals surface area (Å²) >= 11 is 0. The second-order valence-corrected chi connectivity index (χ2v) is 4.04. The number of nitrogens with zero attached hydrogens (tertiary/aromatic N) is 3. The van der Waals surface area contributed by atoms with Crippen molar-refractivity contribution in [3.63, 3.8) is 0 Å². The Balaban J connectivity index is 2.41. The standard InChI is InChI=1S/C13H18N4/c1-4-10-6-5-8-15-12(10)13(14-2)11-7-9-17(3)16-11/h5-9,13-14H,4H2,1-3H3. The highest BCUT2D eigenvalue weighted by atomic mass is 15.3. The maximum Gasteiger partial charge on any atom is 0.0944 e. The summed E-state index contributed by atoms with van der Waals surface area (Å²) in [5.74, 6) is 0. The summed E-state index contributed by atoms with van der Waals surface area (Å²) in [6.45, 7) is 2.14. The first-order chi connectivity index (χ1) is 8.26. The summed E-state index contributed by atoms with van der Waals surface area (Å²) in [4.78, 5) is 4.49. The Morgan fingerprint density at radius 2 is 2.24 bits per heavy atom. The minimum absolute atomic E-state index is 0.0624. The Bertz CT molecular complexity index is 490. The molecule has 0 spiro atoms. The predicted octanol–water partition coefficient (Wildman–Crippen LogP) is 1.69. The molecular formula is C13H18N4. The second kappa shape index (κ2) is 5.10. The topological polar surface area (TPSA) is 42.7 Å². The Morgan fingerprint density at radius 1 is 1.41 bits per heavy atom. The van der Waals surface area contributed by atoms with Gasteiger partial charge in [-0.25, -0.2) is 0 Å². The molecule has 17 heavy (non-hydrogen) atoms. The average molecular weight is 230 g/mol. The summed E-state index contributed by atoms with van der Waals surface area (Å²) in [7, 11) is 3.86. The highest BCUT2D eigenvalue weighted by Crippen LogP contribution is 2.21. The van der Waals surface area contributed by atoms with Crippen molar-refractivity contribution in [1.29, 1.82) is 0 Å². The summed E-state index contributed by atoms with van der Waals surface area (Å²) in [5.41, 5.74) is 3.33. The molecule has 0 aliphatic carbocycles. The number of pyridine rings is 1. The average Bonchev–Trinajstić information content (AvgIpc) is 2.77. The Kier molecular flexibility index (Phi) is 3.54. The Morgan fingerprint density at radius 3 is 2.82 bits per heavy atom. The highest BCUT2D eigenvalue weighted by Gasteiger charge is 2.18. The molecule has 0 fully saturated rings. The molecule has 1 N–H and O–H groups in total. The molecule has 2 heterocycles. The minimum atomic E-state index is 0.0624. The van der Waals surface area contributed by atoms with Crippen molar-refractivity contribution in [3.8, 4) is 0 Å². The fourth-order valence-electron chi connectivity index (χ4n) is 2.02. The Hall–Kier alpha value is -1.68.